The van der Waals surface area contributed by atoms with Gasteiger partial charge in [0.25, 0.3) is 0 Å². The van der Waals surface area contributed by atoms with Crippen molar-refractivity contribution in [1.82, 2.24) is 0 Å². The van der Waals surface area contributed by atoms with Gasteiger partial charge in [-0.3, -0.25) is 0 Å². The molecule has 2 heteroatoms. The van der Waals surface area contributed by atoms with Crippen LogP contribution in [0.4, 0.5) is 0 Å². The van der Waals surface area contributed by atoms with Crippen LogP contribution in [0.25, 0.3) is 0 Å². The molecule has 0 amide bonds. The molecular weight excluding hydrogens is 226 g/mol. The van der Waals surface area contributed by atoms with Gasteiger partial charge in [0.15, 0.2) is 0 Å². The van der Waals surface area contributed by atoms with Gasteiger partial charge in [-0.25, -0.2) is 0 Å². The molecule has 2 N–H and O–H groups in total. The monoisotopic (exact) mass is 242 g/mol. The van der Waals surface area contributed by atoms with Crippen LogP contribution >= 0.6 is 15.9 Å². The van der Waals surface area contributed by atoms with E-state index in [9.17, 15) is 0 Å². The molecule has 0 aromatic heterocycles. The normalized spacial score (nSPS) is 12.8. The molecule has 1 aromatic carbocycles. The molecule has 72 valence electrons. The van der Waals surface area contributed by atoms with Gasteiger partial charge in [-0.2, -0.15) is 0 Å². The third-order valence-corrected chi connectivity index (χ3v) is 2.84. The number of quaternary nitrogens is 1. The first-order chi connectivity index (χ1) is 6.22. The van der Waals surface area contributed by atoms with Crippen LogP contribution in [0.2, 0.25) is 0 Å². The largest absolute Gasteiger partial charge is 0.340 e. The van der Waals surface area contributed by atoms with Crippen LogP contribution in [0.3, 0.4) is 0 Å². The quantitative estimate of drug-likeness (QED) is 0.835. The standard InChI is InChI=1S/C11H16BrN/c1-3-9(2)13-8-10-4-6-11(12)7-5-10/h4-7,9,13H,3,8H2,1-2H3/p+1/t9-/m1/s1. The Morgan fingerprint density at radius 1 is 1.31 bits per heavy atom. The molecule has 0 aliphatic heterocycles. The lowest BCUT2D eigenvalue weighted by Crippen LogP contribution is -2.87. The molecule has 1 aromatic rings. The minimum Gasteiger partial charge on any atom is -0.340 e. The van der Waals surface area contributed by atoms with E-state index in [-0.39, 0.29) is 0 Å². The van der Waals surface area contributed by atoms with E-state index in [0.717, 1.165) is 17.1 Å². The number of rotatable bonds is 4. The Bertz CT molecular complexity index is 243. The molecule has 0 aliphatic carbocycles. The Morgan fingerprint density at radius 3 is 2.46 bits per heavy atom. The Kier molecular flexibility index (Phi) is 4.46. The number of nitrogens with two attached hydrogens (primary N) is 1. The van der Waals surface area contributed by atoms with E-state index in [4.69, 9.17) is 0 Å². The number of hydrogen-bond donors (Lipinski definition) is 1. The highest BCUT2D eigenvalue weighted by Gasteiger charge is 2.01. The van der Waals surface area contributed by atoms with Crippen LogP contribution in [0.1, 0.15) is 25.8 Å². The first-order valence-electron chi connectivity index (χ1n) is 4.80. The fraction of sp³-hybridized carbons (Fsp3) is 0.455. The second-order valence-electron chi connectivity index (χ2n) is 3.45. The van der Waals surface area contributed by atoms with E-state index >= 15 is 0 Å². The van der Waals surface area contributed by atoms with Crippen LogP contribution in [0.5, 0.6) is 0 Å². The maximum atomic E-state index is 3.43. The van der Waals surface area contributed by atoms with Gasteiger partial charge < -0.3 is 5.32 Å². The lowest BCUT2D eigenvalue weighted by atomic mass is 10.2. The zero-order valence-electron chi connectivity index (χ0n) is 8.26. The minimum absolute atomic E-state index is 0.726. The van der Waals surface area contributed by atoms with Crippen molar-refractivity contribution in [2.24, 2.45) is 0 Å². The molecule has 0 fully saturated rings. The maximum Gasteiger partial charge on any atom is 0.101 e. The molecule has 1 nitrogen and oxygen atoms in total. The van der Waals surface area contributed by atoms with Crippen molar-refractivity contribution in [2.75, 3.05) is 0 Å². The Morgan fingerprint density at radius 2 is 1.92 bits per heavy atom. The van der Waals surface area contributed by atoms with Gasteiger partial charge in [0.2, 0.25) is 0 Å². The lowest BCUT2D eigenvalue weighted by molar-refractivity contribution is -0.701. The third kappa shape index (κ3) is 3.92. The first-order valence-corrected chi connectivity index (χ1v) is 5.59. The Hall–Kier alpha value is -0.340. The minimum atomic E-state index is 0.726. The summed E-state index contributed by atoms with van der Waals surface area (Å²) >= 11 is 3.43. The van der Waals surface area contributed by atoms with Crippen LogP contribution in [0, 0.1) is 0 Å². The SMILES string of the molecule is CC[C@@H](C)[NH2+]Cc1ccc(Br)cc1. The van der Waals surface area contributed by atoms with Gasteiger partial charge in [-0.15, -0.1) is 0 Å². The molecule has 13 heavy (non-hydrogen) atoms. The molecule has 0 radical (unpaired) electrons. The van der Waals surface area contributed by atoms with E-state index in [1.807, 2.05) is 0 Å². The van der Waals surface area contributed by atoms with Crippen LogP contribution < -0.4 is 5.32 Å². The zero-order valence-corrected chi connectivity index (χ0v) is 9.84. The molecule has 0 unspecified atom stereocenters. The summed E-state index contributed by atoms with van der Waals surface area (Å²) in [6.07, 6.45) is 1.23. The van der Waals surface area contributed by atoms with Gasteiger partial charge in [0, 0.05) is 10.0 Å². The molecule has 0 saturated carbocycles. The van der Waals surface area contributed by atoms with Crippen molar-refractivity contribution >= 4 is 15.9 Å². The predicted molar refractivity (Wildman–Crippen MR) is 59.5 cm³/mol. The summed E-state index contributed by atoms with van der Waals surface area (Å²) in [7, 11) is 0. The van der Waals surface area contributed by atoms with Gasteiger partial charge in [-0.1, -0.05) is 35.0 Å². The lowest BCUT2D eigenvalue weighted by Gasteiger charge is -2.07. The van der Waals surface area contributed by atoms with Crippen LogP contribution in [0.15, 0.2) is 28.7 Å². The highest BCUT2D eigenvalue weighted by molar-refractivity contribution is 9.10. The van der Waals surface area contributed by atoms with Crippen molar-refractivity contribution in [3.05, 3.63) is 34.3 Å². The highest BCUT2D eigenvalue weighted by Crippen LogP contribution is 2.09. The number of halogens is 1. The fourth-order valence-corrected chi connectivity index (χ4v) is 1.39. The molecule has 0 heterocycles. The second-order valence-corrected chi connectivity index (χ2v) is 4.37. The summed E-state index contributed by atoms with van der Waals surface area (Å²) in [6.45, 7) is 5.57. The first kappa shape index (κ1) is 10.7. The Balaban J connectivity index is 2.41. The summed E-state index contributed by atoms with van der Waals surface area (Å²) in [5.41, 5.74) is 1.39. The van der Waals surface area contributed by atoms with Crippen molar-refractivity contribution in [3.63, 3.8) is 0 Å². The van der Waals surface area contributed by atoms with Gasteiger partial charge in [-0.05, 0) is 25.5 Å². The smallest absolute Gasteiger partial charge is 0.101 e. The molecule has 0 saturated heterocycles. The topological polar surface area (TPSA) is 16.6 Å². The molecule has 1 atom stereocenters. The number of hydrogen-bond acceptors (Lipinski definition) is 0. The van der Waals surface area contributed by atoms with Gasteiger partial charge in [0.05, 0.1) is 6.04 Å². The molecule has 0 aliphatic rings. The van der Waals surface area contributed by atoms with Crippen LogP contribution in [-0.4, -0.2) is 6.04 Å². The van der Waals surface area contributed by atoms with Crippen molar-refractivity contribution in [3.8, 4) is 0 Å². The number of benzene rings is 1. The summed E-state index contributed by atoms with van der Waals surface area (Å²) in [6, 6.07) is 9.26. The Labute approximate surface area is 88.7 Å². The highest BCUT2D eigenvalue weighted by atomic mass is 79.9. The zero-order chi connectivity index (χ0) is 9.68. The summed E-state index contributed by atoms with van der Waals surface area (Å²) < 4.78 is 1.15. The average molecular weight is 243 g/mol. The molecule has 0 bridgehead atoms. The molecule has 0 spiro atoms. The third-order valence-electron chi connectivity index (χ3n) is 2.31. The van der Waals surface area contributed by atoms with Crippen molar-refractivity contribution in [2.45, 2.75) is 32.9 Å². The fourth-order valence-electron chi connectivity index (χ4n) is 1.12. The van der Waals surface area contributed by atoms with E-state index < -0.39 is 0 Å². The van der Waals surface area contributed by atoms with Crippen molar-refractivity contribution < 1.29 is 5.32 Å². The van der Waals surface area contributed by atoms with E-state index in [1.165, 1.54) is 12.0 Å². The van der Waals surface area contributed by atoms with Gasteiger partial charge in [0.1, 0.15) is 6.54 Å². The molecule has 1 rings (SSSR count). The summed E-state index contributed by atoms with van der Waals surface area (Å²) in [5.74, 6) is 0. The predicted octanol–water partition coefficient (Wildman–Crippen LogP) is 2.31. The van der Waals surface area contributed by atoms with E-state index in [2.05, 4.69) is 59.4 Å². The molecular formula is C11H17BrN+. The summed E-state index contributed by atoms with van der Waals surface area (Å²) in [4.78, 5) is 0. The van der Waals surface area contributed by atoms with E-state index in [1.54, 1.807) is 0 Å². The van der Waals surface area contributed by atoms with E-state index in [0.29, 0.717) is 0 Å². The maximum absolute atomic E-state index is 3.43. The van der Waals surface area contributed by atoms with Gasteiger partial charge >= 0.3 is 0 Å². The van der Waals surface area contributed by atoms with Crippen LogP contribution in [-0.2, 0) is 6.54 Å². The second kappa shape index (κ2) is 5.40. The summed E-state index contributed by atoms with van der Waals surface area (Å²) in [5, 5.41) is 2.38. The van der Waals surface area contributed by atoms with Crippen molar-refractivity contribution in [1.29, 1.82) is 0 Å². The average Bonchev–Trinajstić information content (AvgIpc) is 2.16.